The number of hydroxylamine groups is 2. The molecule has 0 aromatic heterocycles. The Labute approximate surface area is 106 Å². The Morgan fingerprint density at radius 3 is 2.83 bits per heavy atom. The van der Waals surface area contributed by atoms with E-state index in [4.69, 9.17) is 9.57 Å². The number of nitrogens with zero attached hydrogens (tertiary/aromatic N) is 1. The van der Waals surface area contributed by atoms with Crippen molar-refractivity contribution in [3.8, 4) is 0 Å². The molecule has 18 heavy (non-hydrogen) atoms. The molecule has 2 aliphatic rings. The van der Waals surface area contributed by atoms with E-state index >= 15 is 0 Å². The van der Waals surface area contributed by atoms with Gasteiger partial charge < -0.3 is 4.74 Å². The third-order valence-corrected chi connectivity index (χ3v) is 3.31. The number of carbonyl (C=O) groups excluding carboxylic acids is 1. The predicted octanol–water partition coefficient (Wildman–Crippen LogP) is 1.88. The fourth-order valence-electron chi connectivity index (χ4n) is 2.20. The summed E-state index contributed by atoms with van der Waals surface area (Å²) in [5.41, 5.74) is 1.03. The smallest absolute Gasteiger partial charge is 0.254 e. The van der Waals surface area contributed by atoms with E-state index in [1.807, 2.05) is 49.4 Å². The van der Waals surface area contributed by atoms with Gasteiger partial charge in [0.25, 0.3) is 5.91 Å². The van der Waals surface area contributed by atoms with Gasteiger partial charge in [-0.1, -0.05) is 43.3 Å². The van der Waals surface area contributed by atoms with Gasteiger partial charge in [-0.25, -0.2) is 0 Å². The molecule has 4 heteroatoms. The first-order chi connectivity index (χ1) is 8.75. The SMILES string of the molecule is C[C@@H]1C(=O)N(OCc2ccccc2)[C@@H]2C=C[C@H]1O2. The Hall–Kier alpha value is -1.65. The first kappa shape index (κ1) is 11.4. The van der Waals surface area contributed by atoms with Crippen LogP contribution >= 0.6 is 0 Å². The molecule has 0 saturated carbocycles. The molecule has 1 amide bonds. The summed E-state index contributed by atoms with van der Waals surface area (Å²) in [5, 5.41) is 1.34. The minimum atomic E-state index is -0.373. The molecule has 3 rings (SSSR count). The average molecular weight is 245 g/mol. The first-order valence-corrected chi connectivity index (χ1v) is 6.09. The van der Waals surface area contributed by atoms with Gasteiger partial charge in [-0.3, -0.25) is 9.63 Å². The summed E-state index contributed by atoms with van der Waals surface area (Å²) >= 11 is 0. The van der Waals surface area contributed by atoms with Crippen LogP contribution in [0.4, 0.5) is 0 Å². The van der Waals surface area contributed by atoms with Crippen molar-refractivity contribution in [2.45, 2.75) is 25.9 Å². The van der Waals surface area contributed by atoms with E-state index < -0.39 is 0 Å². The minimum absolute atomic E-state index is 0.0165. The maximum atomic E-state index is 12.1. The summed E-state index contributed by atoms with van der Waals surface area (Å²) in [7, 11) is 0. The Bertz CT molecular complexity index is 471. The standard InChI is InChI=1S/C14H15NO3/c1-10-12-7-8-13(18-12)15(14(10)16)17-9-11-5-3-2-4-6-11/h2-8,10,12-13H,9H2,1H3/t10-,12+,13-/m0/s1. The molecular weight excluding hydrogens is 230 g/mol. The van der Waals surface area contributed by atoms with Crippen LogP contribution in [0.5, 0.6) is 0 Å². The van der Waals surface area contributed by atoms with E-state index in [0.717, 1.165) is 5.56 Å². The van der Waals surface area contributed by atoms with Crippen LogP contribution in [0.1, 0.15) is 12.5 Å². The van der Waals surface area contributed by atoms with Gasteiger partial charge in [0.2, 0.25) is 0 Å². The van der Waals surface area contributed by atoms with Crippen molar-refractivity contribution in [3.63, 3.8) is 0 Å². The predicted molar refractivity (Wildman–Crippen MR) is 65.0 cm³/mol. The molecular formula is C14H15NO3. The number of rotatable bonds is 3. The zero-order chi connectivity index (χ0) is 12.5. The van der Waals surface area contributed by atoms with Gasteiger partial charge in [-0.05, 0) is 11.6 Å². The van der Waals surface area contributed by atoms with Crippen LogP contribution in [-0.4, -0.2) is 23.3 Å². The molecule has 1 saturated heterocycles. The van der Waals surface area contributed by atoms with Gasteiger partial charge in [0, 0.05) is 0 Å². The molecule has 0 N–H and O–H groups in total. The molecule has 94 valence electrons. The molecule has 1 aromatic carbocycles. The van der Waals surface area contributed by atoms with Crippen LogP contribution in [0, 0.1) is 5.92 Å². The van der Waals surface area contributed by atoms with Crippen molar-refractivity contribution in [2.24, 2.45) is 5.92 Å². The Kier molecular flexibility index (Phi) is 2.89. The lowest BCUT2D eigenvalue weighted by atomic mass is 10.0. The first-order valence-electron chi connectivity index (χ1n) is 6.09. The quantitative estimate of drug-likeness (QED) is 0.763. The van der Waals surface area contributed by atoms with Crippen molar-refractivity contribution in [3.05, 3.63) is 48.0 Å². The lowest BCUT2D eigenvalue weighted by Gasteiger charge is -2.35. The zero-order valence-corrected chi connectivity index (χ0v) is 10.2. The molecule has 0 radical (unpaired) electrons. The summed E-state index contributed by atoms with van der Waals surface area (Å²) in [6, 6.07) is 9.77. The summed E-state index contributed by atoms with van der Waals surface area (Å²) in [5.74, 6) is -0.201. The van der Waals surface area contributed by atoms with Crippen LogP contribution < -0.4 is 0 Å². The van der Waals surface area contributed by atoms with Gasteiger partial charge in [-0.2, -0.15) is 5.06 Å². The molecule has 3 atom stereocenters. The molecule has 1 fully saturated rings. The number of hydrogen-bond donors (Lipinski definition) is 0. The number of carbonyl (C=O) groups is 1. The second kappa shape index (κ2) is 4.55. The Morgan fingerprint density at radius 2 is 2.06 bits per heavy atom. The number of hydrogen-bond acceptors (Lipinski definition) is 3. The van der Waals surface area contributed by atoms with Gasteiger partial charge in [0.05, 0.1) is 12.0 Å². The van der Waals surface area contributed by atoms with Crippen molar-refractivity contribution in [1.29, 1.82) is 0 Å². The highest BCUT2D eigenvalue weighted by Gasteiger charge is 2.42. The van der Waals surface area contributed by atoms with E-state index in [-0.39, 0.29) is 24.2 Å². The third kappa shape index (κ3) is 1.94. The van der Waals surface area contributed by atoms with Crippen molar-refractivity contribution < 1.29 is 14.4 Å². The monoisotopic (exact) mass is 245 g/mol. The molecule has 2 aliphatic heterocycles. The molecule has 1 aromatic rings. The summed E-state index contributed by atoms with van der Waals surface area (Å²) < 4.78 is 5.65. The van der Waals surface area contributed by atoms with E-state index in [0.29, 0.717) is 6.61 Å². The number of benzene rings is 1. The fourth-order valence-corrected chi connectivity index (χ4v) is 2.20. The third-order valence-electron chi connectivity index (χ3n) is 3.31. The lowest BCUT2D eigenvalue weighted by Crippen LogP contribution is -2.50. The van der Waals surface area contributed by atoms with Crippen LogP contribution in [-0.2, 0) is 21.0 Å². The van der Waals surface area contributed by atoms with Gasteiger partial charge in [0.1, 0.15) is 6.61 Å². The lowest BCUT2D eigenvalue weighted by molar-refractivity contribution is -0.263. The van der Waals surface area contributed by atoms with Crippen molar-refractivity contribution in [2.75, 3.05) is 0 Å². The fraction of sp³-hybridized carbons (Fsp3) is 0.357. The van der Waals surface area contributed by atoms with Crippen LogP contribution in [0.3, 0.4) is 0 Å². The normalized spacial score (nSPS) is 29.9. The van der Waals surface area contributed by atoms with Crippen LogP contribution in [0.15, 0.2) is 42.5 Å². The summed E-state index contributed by atoms with van der Waals surface area (Å²) in [6.45, 7) is 2.23. The molecule has 2 bridgehead atoms. The van der Waals surface area contributed by atoms with Crippen LogP contribution in [0.2, 0.25) is 0 Å². The second-order valence-corrected chi connectivity index (χ2v) is 4.59. The van der Waals surface area contributed by atoms with E-state index in [1.54, 1.807) is 0 Å². The molecule has 2 heterocycles. The van der Waals surface area contributed by atoms with E-state index in [2.05, 4.69) is 0 Å². The highest BCUT2D eigenvalue weighted by Crippen LogP contribution is 2.29. The van der Waals surface area contributed by atoms with E-state index in [9.17, 15) is 4.79 Å². The highest BCUT2D eigenvalue weighted by molar-refractivity contribution is 5.80. The largest absolute Gasteiger partial charge is 0.344 e. The zero-order valence-electron chi connectivity index (χ0n) is 10.2. The number of fused-ring (bicyclic) bond motifs is 2. The maximum Gasteiger partial charge on any atom is 0.254 e. The topological polar surface area (TPSA) is 38.8 Å². The van der Waals surface area contributed by atoms with Gasteiger partial charge in [-0.15, -0.1) is 0 Å². The molecule has 0 unspecified atom stereocenters. The Balaban J connectivity index is 1.69. The maximum absolute atomic E-state index is 12.1. The van der Waals surface area contributed by atoms with Crippen molar-refractivity contribution in [1.82, 2.24) is 5.06 Å². The van der Waals surface area contributed by atoms with Gasteiger partial charge in [0.15, 0.2) is 6.23 Å². The summed E-state index contributed by atoms with van der Waals surface area (Å²) in [6.07, 6.45) is 3.33. The highest BCUT2D eigenvalue weighted by atomic mass is 16.7. The molecule has 0 spiro atoms. The molecule has 0 aliphatic carbocycles. The summed E-state index contributed by atoms with van der Waals surface area (Å²) in [4.78, 5) is 17.7. The van der Waals surface area contributed by atoms with Crippen LogP contribution in [0.25, 0.3) is 0 Å². The number of amides is 1. The number of ether oxygens (including phenoxy) is 1. The Morgan fingerprint density at radius 1 is 1.28 bits per heavy atom. The second-order valence-electron chi connectivity index (χ2n) is 4.59. The van der Waals surface area contributed by atoms with Gasteiger partial charge >= 0.3 is 0 Å². The minimum Gasteiger partial charge on any atom is -0.344 e. The molecule has 4 nitrogen and oxygen atoms in total. The van der Waals surface area contributed by atoms with E-state index in [1.165, 1.54) is 5.06 Å². The van der Waals surface area contributed by atoms with Crippen molar-refractivity contribution >= 4 is 5.91 Å². The average Bonchev–Trinajstić information content (AvgIpc) is 2.84.